The Hall–Kier alpha value is -3.48. The highest BCUT2D eigenvalue weighted by Gasteiger charge is 2.31. The Bertz CT molecular complexity index is 1080. The third-order valence-corrected chi connectivity index (χ3v) is 5.23. The Kier molecular flexibility index (Phi) is 10.8. The van der Waals surface area contributed by atoms with E-state index in [9.17, 15) is 25.1 Å². The fourth-order valence-corrected chi connectivity index (χ4v) is 3.56. The Labute approximate surface area is 212 Å². The van der Waals surface area contributed by atoms with Crippen LogP contribution in [-0.2, 0) is 20.6 Å². The number of nitrogens with zero attached hydrogens (tertiary/aromatic N) is 1. The molecule has 2 aromatic rings. The molecule has 0 aliphatic heterocycles. The molecule has 1 atom stereocenters. The average molecular weight is 530 g/mol. The number of hydrogen-bond donors (Lipinski definition) is 2. The summed E-state index contributed by atoms with van der Waals surface area (Å²) in [6.07, 6.45) is 0.0333. The van der Waals surface area contributed by atoms with E-state index in [1.807, 2.05) is 6.92 Å². The molecule has 2 rings (SSSR count). The molecule has 0 radical (unpaired) electrons. The van der Waals surface area contributed by atoms with Gasteiger partial charge in [-0.1, -0.05) is 24.9 Å². The van der Waals surface area contributed by atoms with Crippen LogP contribution in [0.4, 0.5) is 5.69 Å². The molecule has 0 saturated heterocycles. The highest BCUT2D eigenvalue weighted by molar-refractivity contribution is 6.32. The van der Waals surface area contributed by atoms with Gasteiger partial charge in [-0.15, -0.1) is 0 Å². The van der Waals surface area contributed by atoms with E-state index in [1.165, 1.54) is 21.3 Å². The van der Waals surface area contributed by atoms with Gasteiger partial charge in [0.1, 0.15) is 23.2 Å². The molecule has 0 bridgehead atoms. The number of phenolic OH excluding ortho intramolecular Hbond substituents is 2. The third-order valence-electron chi connectivity index (χ3n) is 4.93. The molecule has 0 spiro atoms. The summed E-state index contributed by atoms with van der Waals surface area (Å²) in [6.45, 7) is 1.35. The molecular weight excluding hydrogens is 502 g/mol. The van der Waals surface area contributed by atoms with Crippen LogP contribution in [0.25, 0.3) is 0 Å². The van der Waals surface area contributed by atoms with Crippen molar-refractivity contribution in [2.45, 2.75) is 32.3 Å². The van der Waals surface area contributed by atoms with Crippen molar-refractivity contribution < 1.29 is 48.4 Å². The first kappa shape index (κ1) is 28.8. The molecule has 0 amide bonds. The second-order valence-electron chi connectivity index (χ2n) is 7.43. The largest absolute Gasteiger partial charge is 0.507 e. The van der Waals surface area contributed by atoms with E-state index in [0.717, 1.165) is 18.2 Å². The number of halogens is 1. The summed E-state index contributed by atoms with van der Waals surface area (Å²) in [5.41, 5.74) is -0.475. The summed E-state index contributed by atoms with van der Waals surface area (Å²) in [4.78, 5) is 24.0. The van der Waals surface area contributed by atoms with Crippen molar-refractivity contribution in [3.63, 3.8) is 0 Å². The van der Waals surface area contributed by atoms with E-state index in [2.05, 4.69) is 0 Å². The number of nitro groups is 1. The van der Waals surface area contributed by atoms with Crippen LogP contribution in [0.15, 0.2) is 18.2 Å². The Morgan fingerprint density at radius 1 is 1.06 bits per heavy atom. The zero-order chi connectivity index (χ0) is 26.8. The van der Waals surface area contributed by atoms with Crippen LogP contribution >= 0.6 is 11.6 Å². The van der Waals surface area contributed by atoms with Crippen molar-refractivity contribution in [2.75, 3.05) is 34.9 Å². The minimum Gasteiger partial charge on any atom is -0.507 e. The maximum Gasteiger partial charge on any atom is 0.342 e. The zero-order valence-corrected chi connectivity index (χ0v) is 21.0. The summed E-state index contributed by atoms with van der Waals surface area (Å²) < 4.78 is 32.0. The lowest BCUT2D eigenvalue weighted by molar-refractivity contribution is -0.386. The van der Waals surface area contributed by atoms with Gasteiger partial charge >= 0.3 is 11.7 Å². The molecule has 0 fully saturated rings. The minimum absolute atomic E-state index is 0.0235. The van der Waals surface area contributed by atoms with Gasteiger partial charge in [-0.25, -0.2) is 4.79 Å². The van der Waals surface area contributed by atoms with Crippen LogP contribution in [0.3, 0.4) is 0 Å². The summed E-state index contributed by atoms with van der Waals surface area (Å²) in [6, 6.07) is 3.15. The Morgan fingerprint density at radius 3 is 2.31 bits per heavy atom. The van der Waals surface area contributed by atoms with Gasteiger partial charge in [0.15, 0.2) is 25.1 Å². The molecule has 13 heteroatoms. The Morgan fingerprint density at radius 2 is 1.72 bits per heavy atom. The number of carbonyl (C=O) groups excluding carboxylic acids is 1. The number of phenols is 2. The Balaban J connectivity index is 2.55. The number of ether oxygens (including phenoxy) is 6. The van der Waals surface area contributed by atoms with E-state index in [4.69, 9.17) is 40.0 Å². The molecule has 0 aliphatic carbocycles. The highest BCUT2D eigenvalue weighted by Crippen LogP contribution is 2.45. The molecule has 12 nitrogen and oxygen atoms in total. The topological polar surface area (TPSA) is 156 Å². The van der Waals surface area contributed by atoms with Crippen LogP contribution < -0.4 is 14.2 Å². The lowest BCUT2D eigenvalue weighted by atomic mass is 10.0. The van der Waals surface area contributed by atoms with E-state index in [1.54, 1.807) is 0 Å². The second-order valence-corrected chi connectivity index (χ2v) is 7.84. The molecule has 36 heavy (non-hydrogen) atoms. The smallest absolute Gasteiger partial charge is 0.342 e. The van der Waals surface area contributed by atoms with Crippen LogP contribution in [0, 0.1) is 10.1 Å². The van der Waals surface area contributed by atoms with E-state index >= 15 is 0 Å². The van der Waals surface area contributed by atoms with Crippen LogP contribution in [0.5, 0.6) is 28.7 Å². The molecule has 0 aromatic heterocycles. The quantitative estimate of drug-likeness (QED) is 0.156. The van der Waals surface area contributed by atoms with E-state index in [-0.39, 0.29) is 53.4 Å². The van der Waals surface area contributed by atoms with Gasteiger partial charge in [-0.3, -0.25) is 10.1 Å². The van der Waals surface area contributed by atoms with E-state index < -0.39 is 34.2 Å². The molecule has 198 valence electrons. The van der Waals surface area contributed by atoms with Gasteiger partial charge in [0.05, 0.1) is 28.7 Å². The van der Waals surface area contributed by atoms with Crippen molar-refractivity contribution in [1.82, 2.24) is 0 Å². The number of hydrogen-bond acceptors (Lipinski definition) is 11. The number of carbonyl (C=O) groups is 1. The molecule has 0 heterocycles. The molecule has 2 N–H and O–H groups in total. The highest BCUT2D eigenvalue weighted by atomic mass is 35.5. The number of methoxy groups -OCH3 is 3. The van der Waals surface area contributed by atoms with Crippen LogP contribution in [0.2, 0.25) is 5.02 Å². The maximum atomic E-state index is 12.8. The fourth-order valence-electron chi connectivity index (χ4n) is 3.40. The van der Waals surface area contributed by atoms with Crippen molar-refractivity contribution >= 4 is 23.3 Å². The van der Waals surface area contributed by atoms with Crippen LogP contribution in [0.1, 0.15) is 35.7 Å². The summed E-state index contributed by atoms with van der Waals surface area (Å²) in [5, 5.41) is 31.4. The molecular formula is C23H28ClNO11. The normalized spacial score (nSPS) is 11.6. The summed E-state index contributed by atoms with van der Waals surface area (Å²) in [5.74, 6) is -1.83. The molecule has 1 unspecified atom stereocenters. The van der Waals surface area contributed by atoms with Gasteiger partial charge < -0.3 is 38.6 Å². The lowest BCUT2D eigenvalue weighted by Gasteiger charge is -2.22. The standard InChI is InChI=1S/C23H28ClNO11/c1-5-6-13(36-23(28)14-8-16(24)19(27)10-18(14)26)7-15-21(35-12-32-3)17(25(29)30)9-20(22(15)33-4)34-11-31-2/h8-10,13,26-27H,5-7,11-12H2,1-4H3. The first-order valence-corrected chi connectivity index (χ1v) is 11.1. The zero-order valence-electron chi connectivity index (χ0n) is 20.2. The molecule has 0 saturated carbocycles. The fraction of sp³-hybridized carbons (Fsp3) is 0.435. The predicted molar refractivity (Wildman–Crippen MR) is 127 cm³/mol. The van der Waals surface area contributed by atoms with Crippen molar-refractivity contribution in [3.05, 3.63) is 44.5 Å². The number of rotatable bonds is 14. The maximum absolute atomic E-state index is 12.8. The van der Waals surface area contributed by atoms with Crippen molar-refractivity contribution in [3.8, 4) is 28.7 Å². The SMILES string of the molecule is CCCC(Cc1c(OC)c(OCOC)cc([N+](=O)[O-])c1OCOC)OC(=O)c1cc(Cl)c(O)cc1O. The van der Waals surface area contributed by atoms with Crippen molar-refractivity contribution in [1.29, 1.82) is 0 Å². The third kappa shape index (κ3) is 7.03. The second kappa shape index (κ2) is 13.6. The lowest BCUT2D eigenvalue weighted by Crippen LogP contribution is -2.22. The average Bonchev–Trinajstić information content (AvgIpc) is 2.83. The first-order valence-electron chi connectivity index (χ1n) is 10.7. The number of esters is 1. The van der Waals surface area contributed by atoms with E-state index in [0.29, 0.717) is 12.8 Å². The van der Waals surface area contributed by atoms with Gasteiger partial charge in [0.2, 0.25) is 5.75 Å². The number of aromatic hydroxyl groups is 2. The first-order chi connectivity index (χ1) is 17.2. The molecule has 0 aliphatic rings. The van der Waals surface area contributed by atoms with Gasteiger partial charge in [0, 0.05) is 26.7 Å². The van der Waals surface area contributed by atoms with Gasteiger partial charge in [-0.2, -0.15) is 0 Å². The van der Waals surface area contributed by atoms with Crippen LogP contribution in [-0.4, -0.2) is 62.1 Å². The summed E-state index contributed by atoms with van der Waals surface area (Å²) >= 11 is 5.87. The molecule has 2 aromatic carbocycles. The van der Waals surface area contributed by atoms with Crippen molar-refractivity contribution in [2.24, 2.45) is 0 Å². The number of benzene rings is 2. The summed E-state index contributed by atoms with van der Waals surface area (Å²) in [7, 11) is 4.09. The number of nitro benzene ring substituents is 1. The van der Waals surface area contributed by atoms with Gasteiger partial charge in [0.25, 0.3) is 0 Å². The predicted octanol–water partition coefficient (Wildman–Crippen LogP) is 4.20. The van der Waals surface area contributed by atoms with Gasteiger partial charge in [-0.05, 0) is 12.5 Å². The monoisotopic (exact) mass is 529 g/mol. The minimum atomic E-state index is -0.910.